The van der Waals surface area contributed by atoms with Gasteiger partial charge < -0.3 is 14.2 Å². The molecule has 1 amide bonds. The Morgan fingerprint density at radius 1 is 1.10 bits per heavy atom. The number of hydrogen-bond acceptors (Lipinski definition) is 7. The lowest BCUT2D eigenvalue weighted by Crippen LogP contribution is -2.43. The minimum absolute atomic E-state index is 0.00519. The normalized spacial score (nSPS) is 15.6. The van der Waals surface area contributed by atoms with E-state index in [1.807, 2.05) is 38.1 Å². The molecule has 1 fully saturated rings. The maximum atomic E-state index is 12.6. The number of hydrogen-bond donors (Lipinski definition) is 0. The Hall–Kier alpha value is -3.20. The highest BCUT2D eigenvalue weighted by Gasteiger charge is 2.26. The van der Waals surface area contributed by atoms with Gasteiger partial charge in [0.1, 0.15) is 18.1 Å². The van der Waals surface area contributed by atoms with Gasteiger partial charge >= 0.3 is 0 Å². The Morgan fingerprint density at radius 2 is 1.81 bits per heavy atom. The number of aromatic nitrogens is 2. The van der Waals surface area contributed by atoms with Crippen LogP contribution in [0.15, 0.2) is 47.1 Å². The molecule has 2 aromatic heterocycles. The van der Waals surface area contributed by atoms with E-state index in [-0.39, 0.29) is 37.1 Å². The Morgan fingerprint density at radius 3 is 2.45 bits per heavy atom. The number of sulfone groups is 1. The summed E-state index contributed by atoms with van der Waals surface area (Å²) in [6, 6.07) is 11.3. The zero-order valence-electron chi connectivity index (χ0n) is 17.4. The van der Waals surface area contributed by atoms with Crippen LogP contribution in [0.2, 0.25) is 0 Å². The molecule has 4 rings (SSSR count). The second-order valence-corrected chi connectivity index (χ2v) is 9.85. The van der Waals surface area contributed by atoms with E-state index in [4.69, 9.17) is 9.26 Å². The van der Waals surface area contributed by atoms with Crippen LogP contribution in [0, 0.1) is 13.8 Å². The van der Waals surface area contributed by atoms with Crippen LogP contribution in [0.4, 0.5) is 0 Å². The monoisotopic (exact) mass is 441 g/mol. The van der Waals surface area contributed by atoms with Gasteiger partial charge in [-0.2, -0.15) is 0 Å². The Labute approximate surface area is 180 Å². The van der Waals surface area contributed by atoms with E-state index in [0.717, 1.165) is 22.4 Å². The highest BCUT2D eigenvalue weighted by molar-refractivity contribution is 7.91. The molecule has 31 heavy (non-hydrogen) atoms. The lowest BCUT2D eigenvalue weighted by molar-refractivity contribution is 0.0769. The van der Waals surface area contributed by atoms with Crippen molar-refractivity contribution in [3.05, 3.63) is 65.0 Å². The number of rotatable bonds is 5. The van der Waals surface area contributed by atoms with Crippen molar-refractivity contribution in [2.24, 2.45) is 0 Å². The zero-order valence-corrected chi connectivity index (χ0v) is 18.2. The van der Waals surface area contributed by atoms with Crippen molar-refractivity contribution in [2.45, 2.75) is 20.5 Å². The van der Waals surface area contributed by atoms with Crippen molar-refractivity contribution in [1.82, 2.24) is 15.0 Å². The first-order chi connectivity index (χ1) is 14.8. The molecule has 1 aliphatic rings. The summed E-state index contributed by atoms with van der Waals surface area (Å²) in [5, 5.41) is 4.16. The molecule has 0 saturated carbocycles. The van der Waals surface area contributed by atoms with Gasteiger partial charge in [-0.05, 0) is 19.9 Å². The van der Waals surface area contributed by atoms with Gasteiger partial charge in [0.15, 0.2) is 9.84 Å². The van der Waals surface area contributed by atoms with Crippen molar-refractivity contribution in [3.8, 4) is 17.1 Å². The Bertz CT molecular complexity index is 1170. The molecule has 162 valence electrons. The number of benzene rings is 1. The first-order valence-electron chi connectivity index (χ1n) is 9.93. The molecule has 0 unspecified atom stereocenters. The second-order valence-electron chi connectivity index (χ2n) is 7.55. The summed E-state index contributed by atoms with van der Waals surface area (Å²) in [5.74, 6) is 0.796. The molecule has 9 heteroatoms. The van der Waals surface area contributed by atoms with Gasteiger partial charge in [0.2, 0.25) is 5.88 Å². The molecule has 0 aliphatic carbocycles. The molecule has 1 saturated heterocycles. The summed E-state index contributed by atoms with van der Waals surface area (Å²) in [6.45, 7) is 4.48. The fourth-order valence-electron chi connectivity index (χ4n) is 3.34. The maximum absolute atomic E-state index is 12.6. The number of carbonyl (C=O) groups excluding carboxylic acids is 1. The number of aryl methyl sites for hydroxylation is 2. The average Bonchev–Trinajstić information content (AvgIpc) is 3.13. The smallest absolute Gasteiger partial charge is 0.255 e. The van der Waals surface area contributed by atoms with Crippen LogP contribution >= 0.6 is 0 Å². The van der Waals surface area contributed by atoms with Crippen molar-refractivity contribution >= 4 is 15.7 Å². The third-order valence-corrected chi connectivity index (χ3v) is 6.90. The standard InChI is InChI=1S/C22H23N3O5S/c1-15-3-5-17(6-4-15)21-19(16(2)30-24-21)14-29-20-8-7-18(13-23-20)22(26)25-9-11-31(27,28)12-10-25/h3-8,13H,9-12,14H2,1-2H3. The molecule has 0 N–H and O–H groups in total. The molecule has 0 spiro atoms. The molecule has 0 bridgehead atoms. The number of carbonyl (C=O) groups is 1. The molecule has 8 nitrogen and oxygen atoms in total. The molecule has 1 aromatic carbocycles. The van der Waals surface area contributed by atoms with Crippen molar-refractivity contribution in [2.75, 3.05) is 24.6 Å². The van der Waals surface area contributed by atoms with Crippen LogP contribution in [-0.4, -0.2) is 54.0 Å². The highest BCUT2D eigenvalue weighted by Crippen LogP contribution is 2.26. The number of pyridine rings is 1. The second kappa shape index (κ2) is 8.50. The third kappa shape index (κ3) is 4.77. The van der Waals surface area contributed by atoms with Crippen LogP contribution in [-0.2, 0) is 16.4 Å². The number of amides is 1. The van der Waals surface area contributed by atoms with Gasteiger partial charge in [-0.15, -0.1) is 0 Å². The van der Waals surface area contributed by atoms with E-state index in [0.29, 0.717) is 17.2 Å². The molecule has 1 aliphatic heterocycles. The first kappa shape index (κ1) is 21.0. The van der Waals surface area contributed by atoms with Gasteiger partial charge in [0, 0.05) is 30.9 Å². The zero-order chi connectivity index (χ0) is 22.0. The van der Waals surface area contributed by atoms with E-state index < -0.39 is 9.84 Å². The van der Waals surface area contributed by atoms with Crippen molar-refractivity contribution in [3.63, 3.8) is 0 Å². The van der Waals surface area contributed by atoms with E-state index in [1.54, 1.807) is 12.1 Å². The minimum atomic E-state index is -3.04. The fourth-order valence-corrected chi connectivity index (χ4v) is 4.54. The first-order valence-corrected chi connectivity index (χ1v) is 11.8. The minimum Gasteiger partial charge on any atom is -0.473 e. The summed E-state index contributed by atoms with van der Waals surface area (Å²) >= 11 is 0. The van der Waals surface area contributed by atoms with E-state index in [2.05, 4.69) is 10.1 Å². The summed E-state index contributed by atoms with van der Waals surface area (Å²) in [5.41, 5.74) is 4.06. The van der Waals surface area contributed by atoms with Gasteiger partial charge in [-0.1, -0.05) is 35.0 Å². The highest BCUT2D eigenvalue weighted by atomic mass is 32.2. The van der Waals surface area contributed by atoms with Crippen LogP contribution in [0.25, 0.3) is 11.3 Å². The van der Waals surface area contributed by atoms with Crippen LogP contribution in [0.3, 0.4) is 0 Å². The summed E-state index contributed by atoms with van der Waals surface area (Å²) in [4.78, 5) is 18.3. The third-order valence-electron chi connectivity index (χ3n) is 5.29. The van der Waals surface area contributed by atoms with Crippen LogP contribution < -0.4 is 4.74 Å². The SMILES string of the molecule is Cc1ccc(-c2noc(C)c2COc2ccc(C(=O)N3CCS(=O)(=O)CC3)cn2)cc1. The van der Waals surface area contributed by atoms with Gasteiger partial charge in [0.25, 0.3) is 5.91 Å². The maximum Gasteiger partial charge on any atom is 0.255 e. The number of ether oxygens (including phenoxy) is 1. The molecule has 3 heterocycles. The Kier molecular flexibility index (Phi) is 5.77. The predicted octanol–water partition coefficient (Wildman–Crippen LogP) is 2.80. The van der Waals surface area contributed by atoms with Crippen molar-refractivity contribution in [1.29, 1.82) is 0 Å². The number of nitrogens with zero attached hydrogens (tertiary/aromatic N) is 3. The lowest BCUT2D eigenvalue weighted by Gasteiger charge is -2.26. The summed E-state index contributed by atoms with van der Waals surface area (Å²) < 4.78 is 34.3. The fraction of sp³-hybridized carbons (Fsp3) is 0.318. The largest absolute Gasteiger partial charge is 0.473 e. The molecule has 0 radical (unpaired) electrons. The van der Waals surface area contributed by atoms with E-state index in [9.17, 15) is 13.2 Å². The molecule has 3 aromatic rings. The van der Waals surface area contributed by atoms with Gasteiger partial charge in [-0.3, -0.25) is 4.79 Å². The van der Waals surface area contributed by atoms with Gasteiger partial charge in [0.05, 0.1) is 22.6 Å². The molecular weight excluding hydrogens is 418 g/mol. The van der Waals surface area contributed by atoms with E-state index >= 15 is 0 Å². The van der Waals surface area contributed by atoms with Crippen LogP contribution in [0.1, 0.15) is 27.2 Å². The topological polar surface area (TPSA) is 103 Å². The molecule has 0 atom stereocenters. The van der Waals surface area contributed by atoms with Crippen molar-refractivity contribution < 1.29 is 22.5 Å². The lowest BCUT2D eigenvalue weighted by atomic mass is 10.1. The Balaban J connectivity index is 1.42. The van der Waals surface area contributed by atoms with Crippen LogP contribution in [0.5, 0.6) is 5.88 Å². The molecular formula is C22H23N3O5S. The van der Waals surface area contributed by atoms with E-state index in [1.165, 1.54) is 11.1 Å². The van der Waals surface area contributed by atoms with Gasteiger partial charge in [-0.25, -0.2) is 13.4 Å². The average molecular weight is 442 g/mol. The predicted molar refractivity (Wildman–Crippen MR) is 115 cm³/mol. The quantitative estimate of drug-likeness (QED) is 0.600. The summed E-state index contributed by atoms with van der Waals surface area (Å²) in [7, 11) is -3.04. The summed E-state index contributed by atoms with van der Waals surface area (Å²) in [6.07, 6.45) is 1.45.